The largest absolute Gasteiger partial charge is 0.465 e. The average Bonchev–Trinajstić information content (AvgIpc) is 2.38. The number of esters is 1. The molecular weight excluding hydrogens is 230 g/mol. The Balaban J connectivity index is 2.42. The molecule has 100 valence electrons. The van der Waals surface area contributed by atoms with E-state index in [-0.39, 0.29) is 18.0 Å². The van der Waals surface area contributed by atoms with E-state index in [0.717, 1.165) is 5.56 Å². The number of hydrogen-bond donors (Lipinski definition) is 2. The van der Waals surface area contributed by atoms with Gasteiger partial charge in [0.1, 0.15) is 0 Å². The summed E-state index contributed by atoms with van der Waals surface area (Å²) in [5.41, 5.74) is 1.61. The van der Waals surface area contributed by atoms with Gasteiger partial charge in [-0.3, -0.25) is 0 Å². The summed E-state index contributed by atoms with van der Waals surface area (Å²) in [5.74, 6) is -0.0797. The number of carbonyl (C=O) groups is 1. The average molecular weight is 251 g/mol. The fourth-order valence-corrected chi connectivity index (χ4v) is 1.48. The van der Waals surface area contributed by atoms with Crippen molar-refractivity contribution in [3.8, 4) is 0 Å². The van der Waals surface area contributed by atoms with E-state index >= 15 is 0 Å². The lowest BCUT2D eigenvalue weighted by Crippen LogP contribution is -2.30. The first-order valence-electron chi connectivity index (χ1n) is 6.10. The van der Waals surface area contributed by atoms with Gasteiger partial charge in [0.25, 0.3) is 0 Å². The smallest absolute Gasteiger partial charge is 0.337 e. The number of methoxy groups -OCH3 is 1. The number of rotatable bonds is 6. The molecule has 0 aliphatic carbocycles. The maximum atomic E-state index is 11.2. The summed E-state index contributed by atoms with van der Waals surface area (Å²) in [4.78, 5) is 11.2. The molecule has 0 saturated carbocycles. The van der Waals surface area contributed by atoms with Crippen molar-refractivity contribution in [2.24, 2.45) is 5.92 Å². The molecule has 1 unspecified atom stereocenters. The van der Waals surface area contributed by atoms with Gasteiger partial charge in [-0.15, -0.1) is 0 Å². The molecule has 1 aromatic carbocycles. The van der Waals surface area contributed by atoms with E-state index in [0.29, 0.717) is 18.7 Å². The summed E-state index contributed by atoms with van der Waals surface area (Å²) >= 11 is 0. The van der Waals surface area contributed by atoms with E-state index in [2.05, 4.69) is 10.1 Å². The number of carbonyl (C=O) groups excluding carboxylic acids is 1. The van der Waals surface area contributed by atoms with Crippen LogP contribution in [0.3, 0.4) is 0 Å². The second-order valence-corrected chi connectivity index (χ2v) is 4.63. The second-order valence-electron chi connectivity index (χ2n) is 4.63. The van der Waals surface area contributed by atoms with Crippen molar-refractivity contribution < 1.29 is 14.6 Å². The van der Waals surface area contributed by atoms with Crippen LogP contribution in [0, 0.1) is 5.92 Å². The van der Waals surface area contributed by atoms with E-state index < -0.39 is 0 Å². The SMILES string of the molecule is COC(=O)c1ccc(CNCC(O)C(C)C)cc1. The molecule has 0 radical (unpaired) electrons. The molecule has 0 heterocycles. The van der Waals surface area contributed by atoms with Crippen LogP contribution in [0.4, 0.5) is 0 Å². The fraction of sp³-hybridized carbons (Fsp3) is 0.500. The van der Waals surface area contributed by atoms with Gasteiger partial charge in [0.2, 0.25) is 0 Å². The number of ether oxygens (including phenoxy) is 1. The molecule has 18 heavy (non-hydrogen) atoms. The second kappa shape index (κ2) is 7.13. The van der Waals surface area contributed by atoms with E-state index in [1.807, 2.05) is 26.0 Å². The normalized spacial score (nSPS) is 12.5. The Hall–Kier alpha value is -1.39. The highest BCUT2D eigenvalue weighted by Gasteiger charge is 2.08. The lowest BCUT2D eigenvalue weighted by molar-refractivity contribution is 0.0600. The first-order valence-corrected chi connectivity index (χ1v) is 6.10. The zero-order valence-electron chi connectivity index (χ0n) is 11.1. The topological polar surface area (TPSA) is 58.6 Å². The van der Waals surface area contributed by atoms with Gasteiger partial charge in [-0.2, -0.15) is 0 Å². The Morgan fingerprint density at radius 3 is 2.44 bits per heavy atom. The van der Waals surface area contributed by atoms with Crippen molar-refractivity contribution in [1.29, 1.82) is 0 Å². The molecule has 4 heteroatoms. The third-order valence-electron chi connectivity index (χ3n) is 2.83. The molecule has 0 fully saturated rings. The lowest BCUT2D eigenvalue weighted by Gasteiger charge is -2.15. The molecule has 0 aromatic heterocycles. The van der Waals surface area contributed by atoms with Crippen LogP contribution in [-0.2, 0) is 11.3 Å². The van der Waals surface area contributed by atoms with Crippen LogP contribution in [0.1, 0.15) is 29.8 Å². The molecule has 4 nitrogen and oxygen atoms in total. The third kappa shape index (κ3) is 4.47. The van der Waals surface area contributed by atoms with Gasteiger partial charge in [0.05, 0.1) is 18.8 Å². The van der Waals surface area contributed by atoms with Gasteiger partial charge in [0, 0.05) is 13.1 Å². The van der Waals surface area contributed by atoms with Gasteiger partial charge >= 0.3 is 5.97 Å². The number of hydrogen-bond acceptors (Lipinski definition) is 4. The molecule has 0 amide bonds. The van der Waals surface area contributed by atoms with Crippen molar-refractivity contribution in [3.05, 3.63) is 35.4 Å². The van der Waals surface area contributed by atoms with Crippen LogP contribution in [0.15, 0.2) is 24.3 Å². The molecule has 1 aromatic rings. The predicted octanol–water partition coefficient (Wildman–Crippen LogP) is 1.58. The van der Waals surface area contributed by atoms with Crippen LogP contribution in [0.5, 0.6) is 0 Å². The molecule has 1 rings (SSSR count). The standard InChI is InChI=1S/C14H21NO3/c1-10(2)13(16)9-15-8-11-4-6-12(7-5-11)14(17)18-3/h4-7,10,13,15-16H,8-9H2,1-3H3. The van der Waals surface area contributed by atoms with Gasteiger partial charge in [-0.25, -0.2) is 4.79 Å². The van der Waals surface area contributed by atoms with Gasteiger partial charge in [-0.1, -0.05) is 26.0 Å². The molecule has 0 saturated heterocycles. The molecular formula is C14H21NO3. The number of aliphatic hydroxyl groups excluding tert-OH is 1. The van der Waals surface area contributed by atoms with E-state index in [1.54, 1.807) is 12.1 Å². The quantitative estimate of drug-likeness (QED) is 0.754. The van der Waals surface area contributed by atoms with Crippen LogP contribution < -0.4 is 5.32 Å². The summed E-state index contributed by atoms with van der Waals surface area (Å²) in [6, 6.07) is 7.23. The summed E-state index contributed by atoms with van der Waals surface area (Å²) in [5, 5.41) is 12.8. The fourth-order valence-electron chi connectivity index (χ4n) is 1.48. The van der Waals surface area contributed by atoms with Crippen molar-refractivity contribution >= 4 is 5.97 Å². The number of aliphatic hydroxyl groups is 1. The lowest BCUT2D eigenvalue weighted by atomic mass is 10.1. The van der Waals surface area contributed by atoms with Crippen LogP contribution in [0.2, 0.25) is 0 Å². The third-order valence-corrected chi connectivity index (χ3v) is 2.83. The Morgan fingerprint density at radius 2 is 1.94 bits per heavy atom. The Bertz CT molecular complexity index is 373. The minimum absolute atomic E-state index is 0.249. The first kappa shape index (κ1) is 14.7. The van der Waals surface area contributed by atoms with Crippen LogP contribution in [-0.4, -0.2) is 30.8 Å². The molecule has 0 spiro atoms. The highest BCUT2D eigenvalue weighted by Crippen LogP contribution is 2.06. The van der Waals surface area contributed by atoms with E-state index in [9.17, 15) is 9.90 Å². The number of benzene rings is 1. The van der Waals surface area contributed by atoms with Crippen molar-refractivity contribution in [2.75, 3.05) is 13.7 Å². The minimum atomic E-state index is -0.334. The van der Waals surface area contributed by atoms with Gasteiger partial charge in [-0.05, 0) is 23.6 Å². The minimum Gasteiger partial charge on any atom is -0.465 e. The van der Waals surface area contributed by atoms with Gasteiger partial charge < -0.3 is 15.2 Å². The molecule has 0 aliphatic rings. The van der Waals surface area contributed by atoms with E-state index in [4.69, 9.17) is 0 Å². The maximum absolute atomic E-state index is 11.2. The first-order chi connectivity index (χ1) is 8.54. The summed E-state index contributed by atoms with van der Waals surface area (Å²) < 4.78 is 4.63. The van der Waals surface area contributed by atoms with Crippen LogP contribution >= 0.6 is 0 Å². The van der Waals surface area contributed by atoms with Gasteiger partial charge in [0.15, 0.2) is 0 Å². The monoisotopic (exact) mass is 251 g/mol. The Morgan fingerprint density at radius 1 is 1.33 bits per heavy atom. The summed E-state index contributed by atoms with van der Waals surface area (Å²) in [7, 11) is 1.37. The maximum Gasteiger partial charge on any atom is 0.337 e. The molecule has 1 atom stereocenters. The van der Waals surface area contributed by atoms with Crippen molar-refractivity contribution in [3.63, 3.8) is 0 Å². The highest BCUT2D eigenvalue weighted by atomic mass is 16.5. The van der Waals surface area contributed by atoms with E-state index in [1.165, 1.54) is 7.11 Å². The molecule has 0 bridgehead atoms. The van der Waals surface area contributed by atoms with Crippen molar-refractivity contribution in [2.45, 2.75) is 26.5 Å². The highest BCUT2D eigenvalue weighted by molar-refractivity contribution is 5.89. The summed E-state index contributed by atoms with van der Waals surface area (Å²) in [6.45, 7) is 5.21. The summed E-state index contributed by atoms with van der Waals surface area (Å²) in [6.07, 6.45) is -0.334. The predicted molar refractivity (Wildman–Crippen MR) is 70.3 cm³/mol. The Labute approximate surface area is 108 Å². The molecule has 2 N–H and O–H groups in total. The Kier molecular flexibility index (Phi) is 5.82. The van der Waals surface area contributed by atoms with Crippen LogP contribution in [0.25, 0.3) is 0 Å². The van der Waals surface area contributed by atoms with Crippen molar-refractivity contribution in [1.82, 2.24) is 5.32 Å². The number of nitrogens with one attached hydrogen (secondary N) is 1. The zero-order chi connectivity index (χ0) is 13.5. The molecule has 0 aliphatic heterocycles. The zero-order valence-corrected chi connectivity index (χ0v) is 11.1.